The van der Waals surface area contributed by atoms with E-state index in [4.69, 9.17) is 9.47 Å². The molecule has 152 valence electrons. The van der Waals surface area contributed by atoms with Crippen LogP contribution in [0.2, 0.25) is 0 Å². The van der Waals surface area contributed by atoms with Gasteiger partial charge in [0.05, 0.1) is 26.1 Å². The lowest BCUT2D eigenvalue weighted by Gasteiger charge is -2.32. The van der Waals surface area contributed by atoms with Gasteiger partial charge in [-0.25, -0.2) is 0 Å². The van der Waals surface area contributed by atoms with Crippen molar-refractivity contribution in [2.75, 3.05) is 33.9 Å². The van der Waals surface area contributed by atoms with Gasteiger partial charge >= 0.3 is 0 Å². The Morgan fingerprint density at radius 3 is 2.25 bits per heavy atom. The van der Waals surface area contributed by atoms with Crippen LogP contribution in [0.4, 0.5) is 0 Å². The van der Waals surface area contributed by atoms with Gasteiger partial charge < -0.3 is 19.3 Å². The van der Waals surface area contributed by atoms with Crippen molar-refractivity contribution in [1.29, 1.82) is 0 Å². The minimum Gasteiger partial charge on any atom is -0.493 e. The fourth-order valence-electron chi connectivity index (χ4n) is 4.67. The Kier molecular flexibility index (Phi) is 5.21. The van der Waals surface area contributed by atoms with Crippen molar-refractivity contribution in [3.63, 3.8) is 0 Å². The molecule has 3 atom stereocenters. The SMILES string of the molecule is COc1cc2c(cc1OC)CN(C(=O)C1CC1C(=O)N1CCCC(C)C1)CC2. The molecule has 0 N–H and O–H groups in total. The molecule has 0 aromatic heterocycles. The molecule has 4 rings (SSSR count). The second kappa shape index (κ2) is 7.64. The zero-order chi connectivity index (χ0) is 19.8. The summed E-state index contributed by atoms with van der Waals surface area (Å²) in [5.41, 5.74) is 2.30. The Balaban J connectivity index is 1.40. The lowest BCUT2D eigenvalue weighted by molar-refractivity contribution is -0.139. The van der Waals surface area contributed by atoms with Crippen LogP contribution in [-0.2, 0) is 22.6 Å². The first-order valence-electron chi connectivity index (χ1n) is 10.3. The Morgan fingerprint density at radius 1 is 0.964 bits per heavy atom. The quantitative estimate of drug-likeness (QED) is 0.798. The third-order valence-electron chi connectivity index (χ3n) is 6.42. The van der Waals surface area contributed by atoms with Gasteiger partial charge in [-0.15, -0.1) is 0 Å². The number of carbonyl (C=O) groups is 2. The third kappa shape index (κ3) is 3.56. The molecule has 1 aromatic carbocycles. The van der Waals surface area contributed by atoms with E-state index < -0.39 is 0 Å². The number of methoxy groups -OCH3 is 2. The predicted molar refractivity (Wildman–Crippen MR) is 105 cm³/mol. The molecule has 3 aliphatic rings. The number of amides is 2. The van der Waals surface area contributed by atoms with Gasteiger partial charge in [-0.3, -0.25) is 9.59 Å². The van der Waals surface area contributed by atoms with Crippen molar-refractivity contribution in [3.05, 3.63) is 23.3 Å². The van der Waals surface area contributed by atoms with E-state index in [1.807, 2.05) is 21.9 Å². The van der Waals surface area contributed by atoms with Crippen molar-refractivity contribution < 1.29 is 19.1 Å². The summed E-state index contributed by atoms with van der Waals surface area (Å²) in [6, 6.07) is 3.98. The van der Waals surface area contributed by atoms with Crippen molar-refractivity contribution in [3.8, 4) is 11.5 Å². The molecule has 0 spiro atoms. The Morgan fingerprint density at radius 2 is 1.61 bits per heavy atom. The number of ether oxygens (including phenoxy) is 2. The molecule has 1 aliphatic carbocycles. The van der Waals surface area contributed by atoms with Gasteiger partial charge in [0.2, 0.25) is 11.8 Å². The maximum Gasteiger partial charge on any atom is 0.226 e. The summed E-state index contributed by atoms with van der Waals surface area (Å²) < 4.78 is 10.8. The Hall–Kier alpha value is -2.24. The summed E-state index contributed by atoms with van der Waals surface area (Å²) in [6.07, 6.45) is 3.78. The van der Waals surface area contributed by atoms with Gasteiger partial charge in [0.15, 0.2) is 11.5 Å². The highest BCUT2D eigenvalue weighted by Crippen LogP contribution is 2.43. The van der Waals surface area contributed by atoms with E-state index in [1.54, 1.807) is 14.2 Å². The number of carbonyl (C=O) groups excluding carboxylic acids is 2. The summed E-state index contributed by atoms with van der Waals surface area (Å²) in [5, 5.41) is 0. The molecule has 2 aliphatic heterocycles. The molecule has 2 fully saturated rings. The van der Waals surface area contributed by atoms with Gasteiger partial charge in [-0.2, -0.15) is 0 Å². The molecule has 2 heterocycles. The normalized spacial score (nSPS) is 26.5. The highest BCUT2D eigenvalue weighted by molar-refractivity contribution is 5.92. The number of hydrogen-bond donors (Lipinski definition) is 0. The van der Waals surface area contributed by atoms with Gasteiger partial charge in [-0.05, 0) is 54.9 Å². The number of likely N-dealkylation sites (tertiary alicyclic amines) is 1. The summed E-state index contributed by atoms with van der Waals surface area (Å²) in [6.45, 7) is 5.16. The van der Waals surface area contributed by atoms with E-state index in [0.29, 0.717) is 31.2 Å². The van der Waals surface area contributed by atoms with Crippen LogP contribution in [0.3, 0.4) is 0 Å². The second-order valence-corrected chi connectivity index (χ2v) is 8.47. The number of nitrogens with zero attached hydrogens (tertiary/aromatic N) is 2. The zero-order valence-electron chi connectivity index (χ0n) is 17.1. The van der Waals surface area contributed by atoms with Gasteiger partial charge in [0, 0.05) is 26.2 Å². The van der Waals surface area contributed by atoms with E-state index in [0.717, 1.165) is 37.2 Å². The van der Waals surface area contributed by atoms with E-state index in [9.17, 15) is 9.59 Å². The number of benzene rings is 1. The van der Waals surface area contributed by atoms with E-state index in [1.165, 1.54) is 12.0 Å². The summed E-state index contributed by atoms with van der Waals surface area (Å²) >= 11 is 0. The maximum atomic E-state index is 13.0. The molecule has 0 bridgehead atoms. The molecule has 6 heteroatoms. The fraction of sp³-hybridized carbons (Fsp3) is 0.636. The zero-order valence-corrected chi connectivity index (χ0v) is 17.1. The standard InChI is InChI=1S/C22H30N2O4/c1-14-5-4-7-23(12-14)21(25)17-11-18(17)22(26)24-8-6-15-9-19(27-2)20(28-3)10-16(15)13-24/h9-10,14,17-18H,4-8,11-13H2,1-3H3. The molecular weight excluding hydrogens is 356 g/mol. The summed E-state index contributed by atoms with van der Waals surface area (Å²) in [4.78, 5) is 29.7. The third-order valence-corrected chi connectivity index (χ3v) is 6.42. The predicted octanol–water partition coefficient (Wildman–Crippen LogP) is 2.48. The molecule has 1 aromatic rings. The van der Waals surface area contributed by atoms with Crippen LogP contribution in [0.5, 0.6) is 11.5 Å². The van der Waals surface area contributed by atoms with Crippen LogP contribution < -0.4 is 9.47 Å². The topological polar surface area (TPSA) is 59.1 Å². The first kappa shape index (κ1) is 19.1. The molecular formula is C22H30N2O4. The Labute approximate surface area is 166 Å². The molecule has 6 nitrogen and oxygen atoms in total. The molecule has 3 unspecified atom stereocenters. The van der Waals surface area contributed by atoms with Crippen LogP contribution in [0.1, 0.15) is 37.3 Å². The first-order valence-corrected chi connectivity index (χ1v) is 10.3. The second-order valence-electron chi connectivity index (χ2n) is 8.47. The molecule has 0 radical (unpaired) electrons. The average Bonchev–Trinajstić information content (AvgIpc) is 3.52. The molecule has 28 heavy (non-hydrogen) atoms. The van der Waals surface area contributed by atoms with E-state index in [2.05, 4.69) is 6.92 Å². The number of piperidine rings is 1. The van der Waals surface area contributed by atoms with Crippen molar-refractivity contribution >= 4 is 11.8 Å². The van der Waals surface area contributed by atoms with Crippen molar-refractivity contribution in [1.82, 2.24) is 9.80 Å². The van der Waals surface area contributed by atoms with Crippen molar-refractivity contribution in [2.24, 2.45) is 17.8 Å². The Bertz CT molecular complexity index is 778. The van der Waals surface area contributed by atoms with E-state index in [-0.39, 0.29) is 23.7 Å². The highest BCUT2D eigenvalue weighted by Gasteiger charge is 2.51. The lowest BCUT2D eigenvalue weighted by Crippen LogP contribution is -2.41. The summed E-state index contributed by atoms with van der Waals surface area (Å²) in [7, 11) is 3.26. The minimum atomic E-state index is -0.133. The van der Waals surface area contributed by atoms with Gasteiger partial charge in [0.25, 0.3) is 0 Å². The van der Waals surface area contributed by atoms with Crippen LogP contribution >= 0.6 is 0 Å². The largest absolute Gasteiger partial charge is 0.493 e. The fourth-order valence-corrected chi connectivity index (χ4v) is 4.67. The molecule has 2 amide bonds. The van der Waals surface area contributed by atoms with E-state index >= 15 is 0 Å². The number of rotatable bonds is 4. The van der Waals surface area contributed by atoms with Crippen LogP contribution in [-0.4, -0.2) is 55.5 Å². The number of hydrogen-bond acceptors (Lipinski definition) is 4. The maximum absolute atomic E-state index is 13.0. The lowest BCUT2D eigenvalue weighted by atomic mass is 9.98. The van der Waals surface area contributed by atoms with Gasteiger partial charge in [-0.1, -0.05) is 6.92 Å². The summed E-state index contributed by atoms with van der Waals surface area (Å²) in [5.74, 6) is 2.06. The highest BCUT2D eigenvalue weighted by atomic mass is 16.5. The first-order chi connectivity index (χ1) is 13.5. The smallest absolute Gasteiger partial charge is 0.226 e. The average molecular weight is 386 g/mol. The van der Waals surface area contributed by atoms with Crippen LogP contribution in [0.15, 0.2) is 12.1 Å². The van der Waals surface area contributed by atoms with Crippen LogP contribution in [0.25, 0.3) is 0 Å². The minimum absolute atomic E-state index is 0.107. The molecule has 1 saturated carbocycles. The van der Waals surface area contributed by atoms with Crippen molar-refractivity contribution in [2.45, 2.75) is 39.2 Å². The number of fused-ring (bicyclic) bond motifs is 1. The van der Waals surface area contributed by atoms with Crippen LogP contribution in [0, 0.1) is 17.8 Å². The van der Waals surface area contributed by atoms with Gasteiger partial charge in [0.1, 0.15) is 0 Å². The monoisotopic (exact) mass is 386 g/mol. The molecule has 1 saturated heterocycles.